The molecule has 0 bridgehead atoms. The molecule has 0 radical (unpaired) electrons. The van der Waals surface area contributed by atoms with Crippen molar-refractivity contribution in [1.82, 2.24) is 14.5 Å². The van der Waals surface area contributed by atoms with Crippen molar-refractivity contribution in [2.45, 2.75) is 34.2 Å². The van der Waals surface area contributed by atoms with Gasteiger partial charge in [-0.2, -0.15) is 0 Å². The normalized spacial score (nSPS) is 11.1. The lowest BCUT2D eigenvalue weighted by molar-refractivity contribution is 0.0474. The number of nitrogens with zero attached hydrogens (tertiary/aromatic N) is 3. The Bertz CT molecular complexity index is 1290. The zero-order valence-corrected chi connectivity index (χ0v) is 17.9. The Morgan fingerprint density at radius 3 is 2.45 bits per heavy atom. The van der Waals surface area contributed by atoms with Crippen LogP contribution in [0.5, 0.6) is 0 Å². The van der Waals surface area contributed by atoms with E-state index in [4.69, 9.17) is 9.15 Å². The Labute approximate surface area is 179 Å². The highest BCUT2D eigenvalue weighted by Gasteiger charge is 2.19. The number of hydrogen-bond donors (Lipinski definition) is 0. The molecule has 0 unspecified atom stereocenters. The Morgan fingerprint density at radius 2 is 1.74 bits per heavy atom. The molecule has 0 spiro atoms. The van der Waals surface area contributed by atoms with Gasteiger partial charge in [0.25, 0.3) is 0 Å². The van der Waals surface area contributed by atoms with E-state index in [0.717, 1.165) is 28.5 Å². The fourth-order valence-electron chi connectivity index (χ4n) is 3.53. The van der Waals surface area contributed by atoms with Gasteiger partial charge in [0.2, 0.25) is 5.78 Å². The number of ketones is 1. The van der Waals surface area contributed by atoms with Crippen LogP contribution in [0.25, 0.3) is 11.0 Å². The van der Waals surface area contributed by atoms with Crippen molar-refractivity contribution in [3.8, 4) is 0 Å². The average Bonchev–Trinajstić information content (AvgIpc) is 3.36. The van der Waals surface area contributed by atoms with E-state index < -0.39 is 5.97 Å². The predicted molar refractivity (Wildman–Crippen MR) is 115 cm³/mol. The summed E-state index contributed by atoms with van der Waals surface area (Å²) in [5.41, 5.74) is 5.58. The molecule has 0 atom stereocenters. The molecule has 31 heavy (non-hydrogen) atoms. The Morgan fingerprint density at radius 1 is 1.00 bits per heavy atom. The standard InChI is InChI=1S/C24H23N3O4/c1-14-10-20(17(4)27(14)12-19-6-5-9-30-19)23(28)13-31-24(29)18-7-8-21-22(11-18)26-16(3)15(2)25-21/h5-11H,12-13H2,1-4H3. The highest BCUT2D eigenvalue weighted by Crippen LogP contribution is 2.19. The highest BCUT2D eigenvalue weighted by molar-refractivity contribution is 6.01. The van der Waals surface area contributed by atoms with Gasteiger partial charge in [-0.15, -0.1) is 0 Å². The molecule has 1 aromatic carbocycles. The molecule has 7 heteroatoms. The molecule has 3 aromatic heterocycles. The molecule has 3 heterocycles. The van der Waals surface area contributed by atoms with Crippen LogP contribution in [0, 0.1) is 27.7 Å². The first kappa shape index (κ1) is 20.5. The molecule has 0 fully saturated rings. The van der Waals surface area contributed by atoms with Crippen molar-refractivity contribution in [3.05, 3.63) is 82.3 Å². The van der Waals surface area contributed by atoms with Gasteiger partial charge in [0.15, 0.2) is 6.61 Å². The zero-order valence-electron chi connectivity index (χ0n) is 17.9. The number of Topliss-reactive ketones (excluding diaryl/α,β-unsaturated/α-hetero) is 1. The largest absolute Gasteiger partial charge is 0.467 e. The van der Waals surface area contributed by atoms with E-state index in [1.807, 2.05) is 50.5 Å². The van der Waals surface area contributed by atoms with Crippen LogP contribution >= 0.6 is 0 Å². The maximum Gasteiger partial charge on any atom is 0.338 e. The molecule has 0 aliphatic heterocycles. The number of carbonyl (C=O) groups is 2. The summed E-state index contributed by atoms with van der Waals surface area (Å²) in [6, 6.07) is 10.5. The lowest BCUT2D eigenvalue weighted by Gasteiger charge is -2.08. The zero-order chi connectivity index (χ0) is 22.1. The molecule has 0 saturated carbocycles. The summed E-state index contributed by atoms with van der Waals surface area (Å²) >= 11 is 0. The third kappa shape index (κ3) is 4.12. The molecule has 0 aliphatic carbocycles. The van der Waals surface area contributed by atoms with E-state index in [1.165, 1.54) is 0 Å². The van der Waals surface area contributed by atoms with Crippen LogP contribution < -0.4 is 0 Å². The number of aromatic nitrogens is 3. The van der Waals surface area contributed by atoms with E-state index >= 15 is 0 Å². The van der Waals surface area contributed by atoms with E-state index in [0.29, 0.717) is 28.7 Å². The summed E-state index contributed by atoms with van der Waals surface area (Å²) in [6.45, 7) is 7.76. The summed E-state index contributed by atoms with van der Waals surface area (Å²) < 4.78 is 12.7. The first-order valence-corrected chi connectivity index (χ1v) is 9.98. The molecular formula is C24H23N3O4. The van der Waals surface area contributed by atoms with Crippen molar-refractivity contribution < 1.29 is 18.7 Å². The van der Waals surface area contributed by atoms with Gasteiger partial charge in [-0.1, -0.05) is 0 Å². The van der Waals surface area contributed by atoms with Crippen molar-refractivity contribution in [1.29, 1.82) is 0 Å². The molecule has 0 saturated heterocycles. The van der Waals surface area contributed by atoms with Gasteiger partial charge in [0.05, 0.1) is 40.8 Å². The van der Waals surface area contributed by atoms with Gasteiger partial charge in [-0.25, -0.2) is 14.8 Å². The number of esters is 1. The number of hydrogen-bond acceptors (Lipinski definition) is 6. The quantitative estimate of drug-likeness (QED) is 0.342. The van der Waals surface area contributed by atoms with Crippen LogP contribution in [-0.2, 0) is 11.3 Å². The molecule has 0 aliphatic rings. The Hall–Kier alpha value is -3.74. The predicted octanol–water partition coefficient (Wildman–Crippen LogP) is 4.35. The highest BCUT2D eigenvalue weighted by atomic mass is 16.5. The van der Waals surface area contributed by atoms with Crippen LogP contribution in [0.3, 0.4) is 0 Å². The number of furan rings is 1. The van der Waals surface area contributed by atoms with Gasteiger partial charge in [-0.3, -0.25) is 4.79 Å². The van der Waals surface area contributed by atoms with Gasteiger partial charge >= 0.3 is 5.97 Å². The Balaban J connectivity index is 1.47. The van der Waals surface area contributed by atoms with Gasteiger partial charge in [0, 0.05) is 17.0 Å². The molecule has 7 nitrogen and oxygen atoms in total. The topological polar surface area (TPSA) is 87.2 Å². The molecule has 4 rings (SSSR count). The van der Waals surface area contributed by atoms with Crippen LogP contribution in [-0.4, -0.2) is 32.9 Å². The Kier molecular flexibility index (Phi) is 5.42. The fraction of sp³-hybridized carbons (Fsp3) is 0.250. The first-order valence-electron chi connectivity index (χ1n) is 9.98. The number of carbonyl (C=O) groups excluding carboxylic acids is 2. The molecule has 0 amide bonds. The maximum atomic E-state index is 12.7. The monoisotopic (exact) mass is 417 g/mol. The van der Waals surface area contributed by atoms with Gasteiger partial charge < -0.3 is 13.7 Å². The van der Waals surface area contributed by atoms with E-state index in [2.05, 4.69) is 9.97 Å². The number of ether oxygens (including phenoxy) is 1. The third-order valence-corrected chi connectivity index (χ3v) is 5.41. The second-order valence-electron chi connectivity index (χ2n) is 7.55. The van der Waals surface area contributed by atoms with Crippen molar-refractivity contribution in [2.24, 2.45) is 0 Å². The second-order valence-corrected chi connectivity index (χ2v) is 7.55. The van der Waals surface area contributed by atoms with Gasteiger partial charge in [0.1, 0.15) is 5.76 Å². The van der Waals surface area contributed by atoms with E-state index in [-0.39, 0.29) is 12.4 Å². The minimum absolute atomic E-state index is 0.251. The second kappa shape index (κ2) is 8.18. The lowest BCUT2D eigenvalue weighted by atomic mass is 10.1. The van der Waals surface area contributed by atoms with Crippen molar-refractivity contribution in [2.75, 3.05) is 6.61 Å². The smallest absolute Gasteiger partial charge is 0.338 e. The molecular weight excluding hydrogens is 394 g/mol. The molecule has 0 N–H and O–H groups in total. The number of rotatable bonds is 6. The summed E-state index contributed by atoms with van der Waals surface area (Å²) in [5, 5.41) is 0. The summed E-state index contributed by atoms with van der Waals surface area (Å²) in [5.74, 6) is -0.0177. The van der Waals surface area contributed by atoms with Crippen molar-refractivity contribution >= 4 is 22.8 Å². The summed E-state index contributed by atoms with van der Waals surface area (Å²) in [6.07, 6.45) is 1.62. The van der Waals surface area contributed by atoms with Crippen molar-refractivity contribution in [3.63, 3.8) is 0 Å². The van der Waals surface area contributed by atoms with E-state index in [1.54, 1.807) is 24.5 Å². The molecule has 158 valence electrons. The van der Waals surface area contributed by atoms with Crippen LogP contribution in [0.15, 0.2) is 47.1 Å². The van der Waals surface area contributed by atoms with E-state index in [9.17, 15) is 9.59 Å². The van der Waals surface area contributed by atoms with Crippen LogP contribution in [0.2, 0.25) is 0 Å². The lowest BCUT2D eigenvalue weighted by Crippen LogP contribution is -2.15. The first-order chi connectivity index (χ1) is 14.8. The third-order valence-electron chi connectivity index (χ3n) is 5.41. The average molecular weight is 417 g/mol. The summed E-state index contributed by atoms with van der Waals surface area (Å²) in [4.78, 5) is 34.2. The number of fused-ring (bicyclic) bond motifs is 1. The number of aryl methyl sites for hydroxylation is 3. The maximum absolute atomic E-state index is 12.7. The molecule has 4 aromatic rings. The minimum atomic E-state index is -0.570. The SMILES string of the molecule is Cc1nc2ccc(C(=O)OCC(=O)c3cc(C)n(Cc4ccco4)c3C)cc2nc1C. The fourth-order valence-corrected chi connectivity index (χ4v) is 3.53. The summed E-state index contributed by atoms with van der Waals surface area (Å²) in [7, 11) is 0. The minimum Gasteiger partial charge on any atom is -0.467 e. The van der Waals surface area contributed by atoms with Gasteiger partial charge in [-0.05, 0) is 64.1 Å². The van der Waals surface area contributed by atoms with Crippen LogP contribution in [0.4, 0.5) is 0 Å². The van der Waals surface area contributed by atoms with Crippen LogP contribution in [0.1, 0.15) is 49.3 Å². The number of benzene rings is 1.